The molecule has 0 saturated heterocycles. The van der Waals surface area contributed by atoms with Crippen LogP contribution < -0.4 is 5.73 Å². The van der Waals surface area contributed by atoms with Crippen LogP contribution in [0.15, 0.2) is 53.4 Å². The van der Waals surface area contributed by atoms with Crippen molar-refractivity contribution in [2.45, 2.75) is 11.4 Å². The van der Waals surface area contributed by atoms with E-state index in [1.165, 1.54) is 18.2 Å². The first-order chi connectivity index (χ1) is 9.50. The highest BCUT2D eigenvalue weighted by Gasteiger charge is 2.41. The minimum atomic E-state index is -3.78. The van der Waals surface area contributed by atoms with Crippen LogP contribution in [0.2, 0.25) is 0 Å². The summed E-state index contributed by atoms with van der Waals surface area (Å²) in [5.41, 5.74) is 6.88. The first-order valence-electron chi connectivity index (χ1n) is 6.00. The third kappa shape index (κ3) is 1.85. The molecule has 6 heteroatoms. The van der Waals surface area contributed by atoms with Crippen LogP contribution in [-0.2, 0) is 16.6 Å². The summed E-state index contributed by atoms with van der Waals surface area (Å²) < 4.78 is 25.6. The molecule has 102 valence electrons. The van der Waals surface area contributed by atoms with Gasteiger partial charge in [-0.05, 0) is 23.8 Å². The average Bonchev–Trinajstić information content (AvgIpc) is 2.61. The molecule has 2 aromatic rings. The van der Waals surface area contributed by atoms with Gasteiger partial charge in [0.1, 0.15) is 4.90 Å². The van der Waals surface area contributed by atoms with E-state index in [4.69, 9.17) is 5.73 Å². The van der Waals surface area contributed by atoms with Gasteiger partial charge in [0.25, 0.3) is 15.9 Å². The zero-order chi connectivity index (χ0) is 14.3. The van der Waals surface area contributed by atoms with Gasteiger partial charge in [0, 0.05) is 5.69 Å². The van der Waals surface area contributed by atoms with Crippen LogP contribution in [0.3, 0.4) is 0 Å². The number of hydrogen-bond donors (Lipinski definition) is 1. The van der Waals surface area contributed by atoms with E-state index in [1.54, 1.807) is 24.3 Å². The fraction of sp³-hybridized carbons (Fsp3) is 0.0714. The number of rotatable bonds is 2. The molecular formula is C14H12N2O3S. The smallest absolute Gasteiger partial charge is 0.269 e. The normalized spacial score (nSPS) is 16.2. The summed E-state index contributed by atoms with van der Waals surface area (Å²) in [5.74, 6) is -0.531. The number of nitrogens with two attached hydrogens (primary N) is 1. The number of carbonyl (C=O) groups excluding carboxylic acids is 1. The summed E-state index contributed by atoms with van der Waals surface area (Å²) in [6.45, 7) is 0.0244. The highest BCUT2D eigenvalue weighted by molar-refractivity contribution is 7.90. The molecule has 0 aromatic heterocycles. The minimum Gasteiger partial charge on any atom is -0.399 e. The van der Waals surface area contributed by atoms with Gasteiger partial charge in [-0.2, -0.15) is 0 Å². The Balaban J connectivity index is 2.05. The lowest BCUT2D eigenvalue weighted by Gasteiger charge is -2.14. The second-order valence-electron chi connectivity index (χ2n) is 4.56. The summed E-state index contributed by atoms with van der Waals surface area (Å²) in [6.07, 6.45) is 0. The number of nitrogen functional groups attached to an aromatic ring is 1. The first kappa shape index (κ1) is 12.7. The Morgan fingerprint density at radius 3 is 2.45 bits per heavy atom. The maximum absolute atomic E-state index is 12.4. The zero-order valence-corrected chi connectivity index (χ0v) is 11.3. The molecule has 2 N–H and O–H groups in total. The second-order valence-corrected chi connectivity index (χ2v) is 6.39. The van der Waals surface area contributed by atoms with E-state index in [-0.39, 0.29) is 17.0 Å². The van der Waals surface area contributed by atoms with Gasteiger partial charge in [-0.3, -0.25) is 4.79 Å². The molecule has 0 unspecified atom stereocenters. The second kappa shape index (κ2) is 4.35. The van der Waals surface area contributed by atoms with Crippen LogP contribution in [0, 0.1) is 0 Å². The Morgan fingerprint density at radius 1 is 1.05 bits per heavy atom. The van der Waals surface area contributed by atoms with Gasteiger partial charge in [-0.15, -0.1) is 0 Å². The first-order valence-corrected chi connectivity index (χ1v) is 7.44. The van der Waals surface area contributed by atoms with Gasteiger partial charge in [0.15, 0.2) is 0 Å². The molecule has 0 fully saturated rings. The number of sulfonamides is 1. The van der Waals surface area contributed by atoms with Crippen LogP contribution >= 0.6 is 0 Å². The molecule has 3 rings (SSSR count). The largest absolute Gasteiger partial charge is 0.399 e. The summed E-state index contributed by atoms with van der Waals surface area (Å²) in [4.78, 5) is 12.3. The van der Waals surface area contributed by atoms with E-state index in [0.29, 0.717) is 5.69 Å². The molecule has 1 aliphatic heterocycles. The van der Waals surface area contributed by atoms with Crippen LogP contribution in [0.5, 0.6) is 0 Å². The van der Waals surface area contributed by atoms with Crippen LogP contribution in [0.1, 0.15) is 15.9 Å². The van der Waals surface area contributed by atoms with Crippen molar-refractivity contribution in [3.63, 3.8) is 0 Å². The molecule has 0 aliphatic carbocycles. The molecule has 1 heterocycles. The van der Waals surface area contributed by atoms with E-state index >= 15 is 0 Å². The topological polar surface area (TPSA) is 80.5 Å². The molecular weight excluding hydrogens is 276 g/mol. The molecule has 1 aliphatic rings. The van der Waals surface area contributed by atoms with E-state index in [9.17, 15) is 13.2 Å². The quantitative estimate of drug-likeness (QED) is 0.851. The van der Waals surface area contributed by atoms with Gasteiger partial charge in [-0.1, -0.05) is 30.3 Å². The van der Waals surface area contributed by atoms with Gasteiger partial charge in [0.2, 0.25) is 0 Å². The Labute approximate surface area is 116 Å². The summed E-state index contributed by atoms with van der Waals surface area (Å²) in [7, 11) is -3.78. The van der Waals surface area contributed by atoms with Crippen LogP contribution in [-0.4, -0.2) is 18.6 Å². The van der Waals surface area contributed by atoms with E-state index in [2.05, 4.69) is 0 Å². The third-order valence-electron chi connectivity index (χ3n) is 3.20. The zero-order valence-electron chi connectivity index (χ0n) is 10.5. The van der Waals surface area contributed by atoms with Crippen LogP contribution in [0.25, 0.3) is 0 Å². The SMILES string of the molecule is Nc1ccc2c(c1)C(=O)N(Cc1ccccc1)S2(=O)=O. The van der Waals surface area contributed by atoms with Crippen molar-refractivity contribution < 1.29 is 13.2 Å². The highest BCUT2D eigenvalue weighted by Crippen LogP contribution is 2.32. The molecule has 0 bridgehead atoms. The standard InChI is InChI=1S/C14H12N2O3S/c15-11-6-7-13-12(8-11)14(17)16(20(13,18)19)9-10-4-2-1-3-5-10/h1-8H,9,15H2. The van der Waals surface area contributed by atoms with Crippen molar-refractivity contribution >= 4 is 21.6 Å². The van der Waals surface area contributed by atoms with Crippen molar-refractivity contribution in [1.29, 1.82) is 0 Å². The number of anilines is 1. The summed E-state index contributed by atoms with van der Waals surface area (Å²) >= 11 is 0. The average molecular weight is 288 g/mol. The Morgan fingerprint density at radius 2 is 1.75 bits per heavy atom. The Kier molecular flexibility index (Phi) is 2.76. The fourth-order valence-electron chi connectivity index (χ4n) is 2.21. The number of amides is 1. The lowest BCUT2D eigenvalue weighted by Crippen LogP contribution is -2.29. The van der Waals surface area contributed by atoms with Crippen molar-refractivity contribution in [3.8, 4) is 0 Å². The van der Waals surface area contributed by atoms with Crippen molar-refractivity contribution in [2.24, 2.45) is 0 Å². The van der Waals surface area contributed by atoms with Crippen molar-refractivity contribution in [1.82, 2.24) is 4.31 Å². The number of benzene rings is 2. The van der Waals surface area contributed by atoms with E-state index in [1.807, 2.05) is 6.07 Å². The number of hydrogen-bond acceptors (Lipinski definition) is 4. The molecule has 20 heavy (non-hydrogen) atoms. The number of carbonyl (C=O) groups is 1. The fourth-order valence-corrected chi connectivity index (χ4v) is 3.75. The third-order valence-corrected chi connectivity index (χ3v) is 4.98. The summed E-state index contributed by atoms with van der Waals surface area (Å²) in [5, 5.41) is 0. The maximum atomic E-state index is 12.4. The lowest BCUT2D eigenvalue weighted by atomic mass is 10.1. The van der Waals surface area contributed by atoms with Gasteiger partial charge in [0.05, 0.1) is 12.1 Å². The molecule has 1 amide bonds. The van der Waals surface area contributed by atoms with E-state index in [0.717, 1.165) is 9.87 Å². The van der Waals surface area contributed by atoms with Crippen LogP contribution in [0.4, 0.5) is 5.69 Å². The number of nitrogens with zero attached hydrogens (tertiary/aromatic N) is 1. The summed E-state index contributed by atoms with van der Waals surface area (Å²) in [6, 6.07) is 13.2. The van der Waals surface area contributed by atoms with Crippen molar-refractivity contribution in [2.75, 3.05) is 5.73 Å². The molecule has 0 spiro atoms. The highest BCUT2D eigenvalue weighted by atomic mass is 32.2. The van der Waals surface area contributed by atoms with Gasteiger partial charge < -0.3 is 5.73 Å². The molecule has 0 radical (unpaired) electrons. The monoisotopic (exact) mass is 288 g/mol. The Bertz CT molecular complexity index is 785. The van der Waals surface area contributed by atoms with Crippen molar-refractivity contribution in [3.05, 3.63) is 59.7 Å². The predicted octanol–water partition coefficient (Wildman–Crippen LogP) is 1.61. The van der Waals surface area contributed by atoms with Gasteiger partial charge >= 0.3 is 0 Å². The lowest BCUT2D eigenvalue weighted by molar-refractivity contribution is 0.0865. The Hall–Kier alpha value is -2.34. The molecule has 0 atom stereocenters. The predicted molar refractivity (Wildman–Crippen MR) is 74.4 cm³/mol. The maximum Gasteiger partial charge on any atom is 0.269 e. The van der Waals surface area contributed by atoms with E-state index < -0.39 is 15.9 Å². The molecule has 2 aromatic carbocycles. The minimum absolute atomic E-state index is 0.0210. The molecule has 0 saturated carbocycles. The number of fused-ring (bicyclic) bond motifs is 1. The van der Waals surface area contributed by atoms with Gasteiger partial charge in [-0.25, -0.2) is 12.7 Å². The molecule has 5 nitrogen and oxygen atoms in total.